The maximum absolute atomic E-state index is 11.4. The van der Waals surface area contributed by atoms with Gasteiger partial charge in [-0.05, 0) is 29.7 Å². The van der Waals surface area contributed by atoms with Crippen molar-refractivity contribution in [1.29, 1.82) is 0 Å². The number of carbonyl (C=O) groups is 1. The SMILES string of the molecule is CC(=O)NC1=C2CSC=C2NN1c1ccc(Br)cc1. The molecule has 6 heteroatoms. The number of amides is 1. The number of anilines is 1. The smallest absolute Gasteiger partial charge is 0.222 e. The maximum Gasteiger partial charge on any atom is 0.222 e. The zero-order valence-electron chi connectivity index (χ0n) is 10.2. The van der Waals surface area contributed by atoms with Gasteiger partial charge in [0.2, 0.25) is 5.91 Å². The molecule has 1 aromatic rings. The van der Waals surface area contributed by atoms with Gasteiger partial charge in [-0.25, -0.2) is 5.01 Å². The van der Waals surface area contributed by atoms with Crippen LogP contribution in [-0.4, -0.2) is 11.7 Å². The highest BCUT2D eigenvalue weighted by molar-refractivity contribution is 9.10. The Morgan fingerprint density at radius 2 is 2.16 bits per heavy atom. The molecule has 2 aliphatic rings. The molecular weight excluding hydrogens is 326 g/mol. The second-order valence-corrected chi connectivity index (χ2v) is 6.05. The number of benzene rings is 1. The van der Waals surface area contributed by atoms with E-state index in [2.05, 4.69) is 32.1 Å². The number of fused-ring (bicyclic) bond motifs is 1. The molecule has 0 bridgehead atoms. The Bertz CT molecular complexity index is 594. The van der Waals surface area contributed by atoms with Crippen molar-refractivity contribution in [1.82, 2.24) is 10.7 Å². The fraction of sp³-hybridized carbons (Fsp3) is 0.154. The van der Waals surface area contributed by atoms with Crippen molar-refractivity contribution in [2.75, 3.05) is 10.8 Å². The molecule has 19 heavy (non-hydrogen) atoms. The lowest BCUT2D eigenvalue weighted by Crippen LogP contribution is -2.38. The molecule has 0 unspecified atom stereocenters. The number of nitrogens with one attached hydrogen (secondary N) is 2. The molecule has 0 aliphatic carbocycles. The van der Waals surface area contributed by atoms with Crippen LogP contribution in [0.5, 0.6) is 0 Å². The molecule has 1 amide bonds. The topological polar surface area (TPSA) is 44.4 Å². The molecule has 0 saturated heterocycles. The van der Waals surface area contributed by atoms with Gasteiger partial charge in [-0.15, -0.1) is 11.8 Å². The summed E-state index contributed by atoms with van der Waals surface area (Å²) in [7, 11) is 0. The lowest BCUT2D eigenvalue weighted by molar-refractivity contribution is -0.118. The molecule has 3 rings (SSSR count). The molecule has 0 spiro atoms. The normalized spacial score (nSPS) is 17.2. The molecule has 98 valence electrons. The van der Waals surface area contributed by atoms with Gasteiger partial charge in [-0.1, -0.05) is 15.9 Å². The molecule has 1 aromatic carbocycles. The maximum atomic E-state index is 11.4. The first-order chi connectivity index (χ1) is 9.15. The van der Waals surface area contributed by atoms with Gasteiger partial charge in [-0.2, -0.15) is 0 Å². The first kappa shape index (κ1) is 12.6. The van der Waals surface area contributed by atoms with E-state index in [9.17, 15) is 4.79 Å². The average molecular weight is 338 g/mol. The predicted octanol–water partition coefficient (Wildman–Crippen LogP) is 2.71. The van der Waals surface area contributed by atoms with Crippen LogP contribution >= 0.6 is 27.7 Å². The minimum Gasteiger partial charge on any atom is -0.311 e. The number of hydrogen-bond acceptors (Lipinski definition) is 4. The highest BCUT2D eigenvalue weighted by Crippen LogP contribution is 2.35. The third-order valence-corrected chi connectivity index (χ3v) is 4.26. The number of hydrogen-bond donors (Lipinski definition) is 2. The number of carbonyl (C=O) groups excluding carboxylic acids is 1. The summed E-state index contributed by atoms with van der Waals surface area (Å²) in [5.74, 6) is 1.64. The van der Waals surface area contributed by atoms with E-state index in [0.29, 0.717) is 0 Å². The van der Waals surface area contributed by atoms with E-state index in [-0.39, 0.29) is 5.91 Å². The summed E-state index contributed by atoms with van der Waals surface area (Å²) in [6.07, 6.45) is 0. The van der Waals surface area contributed by atoms with Crippen molar-refractivity contribution in [2.45, 2.75) is 6.92 Å². The second kappa shape index (κ2) is 4.94. The van der Waals surface area contributed by atoms with Gasteiger partial charge >= 0.3 is 0 Å². The van der Waals surface area contributed by atoms with E-state index in [1.165, 1.54) is 6.92 Å². The Labute approximate surface area is 124 Å². The minimum absolute atomic E-state index is 0.0652. The van der Waals surface area contributed by atoms with E-state index in [0.717, 1.165) is 33.0 Å². The molecule has 2 aliphatic heterocycles. The third-order valence-electron chi connectivity index (χ3n) is 2.87. The minimum atomic E-state index is -0.0652. The van der Waals surface area contributed by atoms with Crippen LogP contribution in [-0.2, 0) is 4.79 Å². The van der Waals surface area contributed by atoms with E-state index in [1.54, 1.807) is 11.8 Å². The molecule has 2 heterocycles. The van der Waals surface area contributed by atoms with Crippen molar-refractivity contribution in [2.24, 2.45) is 0 Å². The van der Waals surface area contributed by atoms with Crippen LogP contribution in [0.1, 0.15) is 6.92 Å². The molecule has 2 N–H and O–H groups in total. The predicted molar refractivity (Wildman–Crippen MR) is 81.1 cm³/mol. The van der Waals surface area contributed by atoms with Crippen molar-refractivity contribution < 1.29 is 4.79 Å². The number of hydrazine groups is 1. The van der Waals surface area contributed by atoms with Crippen LogP contribution in [0.15, 0.2) is 51.2 Å². The van der Waals surface area contributed by atoms with Crippen molar-refractivity contribution in [3.63, 3.8) is 0 Å². The van der Waals surface area contributed by atoms with Crippen molar-refractivity contribution in [3.8, 4) is 0 Å². The van der Waals surface area contributed by atoms with Crippen LogP contribution < -0.4 is 15.8 Å². The van der Waals surface area contributed by atoms with Gasteiger partial charge in [-0.3, -0.25) is 10.2 Å². The molecular formula is C13H12BrN3OS. The number of rotatable bonds is 2. The fourth-order valence-corrected chi connectivity index (χ4v) is 3.21. The monoisotopic (exact) mass is 337 g/mol. The Morgan fingerprint density at radius 3 is 2.84 bits per heavy atom. The number of thioether (sulfide) groups is 1. The van der Waals surface area contributed by atoms with Gasteiger partial charge in [0, 0.05) is 22.7 Å². The van der Waals surface area contributed by atoms with E-state index < -0.39 is 0 Å². The van der Waals surface area contributed by atoms with Crippen LogP contribution in [0.3, 0.4) is 0 Å². The molecule has 0 radical (unpaired) electrons. The van der Waals surface area contributed by atoms with Gasteiger partial charge < -0.3 is 5.32 Å². The quantitative estimate of drug-likeness (QED) is 0.870. The van der Waals surface area contributed by atoms with Gasteiger partial charge in [0.1, 0.15) is 5.82 Å². The Kier molecular flexibility index (Phi) is 3.28. The number of halogens is 1. The molecule has 0 saturated carbocycles. The summed E-state index contributed by atoms with van der Waals surface area (Å²) < 4.78 is 1.03. The zero-order valence-corrected chi connectivity index (χ0v) is 12.6. The number of allylic oxidation sites excluding steroid dienone is 1. The van der Waals surface area contributed by atoms with Gasteiger partial charge in [0.05, 0.1) is 11.4 Å². The summed E-state index contributed by atoms with van der Waals surface area (Å²) in [6.45, 7) is 1.52. The van der Waals surface area contributed by atoms with Crippen LogP contribution in [0, 0.1) is 0 Å². The molecule has 4 nitrogen and oxygen atoms in total. The fourth-order valence-electron chi connectivity index (χ4n) is 2.04. The molecule has 0 atom stereocenters. The number of nitrogens with zero attached hydrogens (tertiary/aromatic N) is 1. The van der Waals surface area contributed by atoms with Crippen molar-refractivity contribution in [3.05, 3.63) is 51.2 Å². The summed E-state index contributed by atoms with van der Waals surface area (Å²) in [6, 6.07) is 7.94. The van der Waals surface area contributed by atoms with Crippen LogP contribution in [0.4, 0.5) is 5.69 Å². The lowest BCUT2D eigenvalue weighted by Gasteiger charge is -2.23. The highest BCUT2D eigenvalue weighted by atomic mass is 79.9. The first-order valence-electron chi connectivity index (χ1n) is 5.80. The van der Waals surface area contributed by atoms with Crippen LogP contribution in [0.2, 0.25) is 0 Å². The molecule has 0 fully saturated rings. The van der Waals surface area contributed by atoms with E-state index >= 15 is 0 Å². The second-order valence-electron chi connectivity index (χ2n) is 4.27. The highest BCUT2D eigenvalue weighted by Gasteiger charge is 2.30. The van der Waals surface area contributed by atoms with Gasteiger partial charge in [0.25, 0.3) is 0 Å². The van der Waals surface area contributed by atoms with Crippen LogP contribution in [0.25, 0.3) is 0 Å². The Hall–Kier alpha value is -1.40. The van der Waals surface area contributed by atoms with E-state index in [1.807, 2.05) is 29.3 Å². The third kappa shape index (κ3) is 2.37. The summed E-state index contributed by atoms with van der Waals surface area (Å²) in [4.78, 5) is 11.4. The zero-order chi connectivity index (χ0) is 13.4. The van der Waals surface area contributed by atoms with E-state index in [4.69, 9.17) is 0 Å². The Morgan fingerprint density at radius 1 is 1.42 bits per heavy atom. The summed E-state index contributed by atoms with van der Waals surface area (Å²) >= 11 is 5.15. The standard InChI is InChI=1S/C13H12BrN3OS/c1-8(18)15-13-11-6-19-7-12(11)16-17(13)10-4-2-9(14)3-5-10/h2-5,7,16H,6H2,1H3,(H,15,18). The van der Waals surface area contributed by atoms with Crippen molar-refractivity contribution >= 4 is 39.3 Å². The first-order valence-corrected chi connectivity index (χ1v) is 7.64. The lowest BCUT2D eigenvalue weighted by atomic mass is 10.2. The largest absolute Gasteiger partial charge is 0.311 e. The molecule has 0 aromatic heterocycles. The average Bonchev–Trinajstić information content (AvgIpc) is 2.93. The Balaban J connectivity index is 1.98. The summed E-state index contributed by atoms with van der Waals surface area (Å²) in [5, 5.41) is 6.91. The van der Waals surface area contributed by atoms with Gasteiger partial charge in [0.15, 0.2) is 0 Å². The summed E-state index contributed by atoms with van der Waals surface area (Å²) in [5.41, 5.74) is 6.51.